The molecular formula is C20H21N5O3. The van der Waals surface area contributed by atoms with E-state index in [0.29, 0.717) is 30.4 Å². The van der Waals surface area contributed by atoms with Crippen molar-refractivity contribution in [2.75, 3.05) is 19.5 Å². The number of anilines is 1. The number of carbonyl (C=O) groups is 1. The summed E-state index contributed by atoms with van der Waals surface area (Å²) in [4.78, 5) is 16.3. The van der Waals surface area contributed by atoms with E-state index in [1.807, 2.05) is 24.3 Å². The number of hydrogen-bond donors (Lipinski definition) is 2. The van der Waals surface area contributed by atoms with Gasteiger partial charge in [-0.15, -0.1) is 10.2 Å². The van der Waals surface area contributed by atoms with Crippen LogP contribution in [0.1, 0.15) is 21.6 Å². The summed E-state index contributed by atoms with van der Waals surface area (Å²) in [6, 6.07) is 12.7. The minimum absolute atomic E-state index is 0.245. The summed E-state index contributed by atoms with van der Waals surface area (Å²) < 4.78 is 10.5. The van der Waals surface area contributed by atoms with E-state index in [1.165, 1.54) is 0 Å². The molecule has 0 saturated carbocycles. The van der Waals surface area contributed by atoms with E-state index < -0.39 is 0 Å². The SMILES string of the molecule is COc1ccc(CNC(=O)c2ccc(NCc3ccncc3)nn2)cc1OC. The van der Waals surface area contributed by atoms with Crippen molar-refractivity contribution in [3.05, 3.63) is 71.7 Å². The lowest BCUT2D eigenvalue weighted by atomic mass is 10.2. The van der Waals surface area contributed by atoms with Crippen molar-refractivity contribution < 1.29 is 14.3 Å². The number of aromatic nitrogens is 3. The van der Waals surface area contributed by atoms with Crippen LogP contribution in [0.15, 0.2) is 54.9 Å². The van der Waals surface area contributed by atoms with E-state index in [4.69, 9.17) is 9.47 Å². The van der Waals surface area contributed by atoms with E-state index in [9.17, 15) is 4.79 Å². The highest BCUT2D eigenvalue weighted by molar-refractivity contribution is 5.92. The zero-order valence-corrected chi connectivity index (χ0v) is 15.7. The molecule has 2 N–H and O–H groups in total. The molecule has 0 saturated heterocycles. The zero-order valence-electron chi connectivity index (χ0n) is 15.7. The Morgan fingerprint density at radius 3 is 2.36 bits per heavy atom. The van der Waals surface area contributed by atoms with E-state index in [1.54, 1.807) is 44.8 Å². The van der Waals surface area contributed by atoms with Crippen LogP contribution in [0.5, 0.6) is 11.5 Å². The zero-order chi connectivity index (χ0) is 19.8. The van der Waals surface area contributed by atoms with E-state index in [-0.39, 0.29) is 11.6 Å². The molecule has 1 amide bonds. The largest absolute Gasteiger partial charge is 0.493 e. The van der Waals surface area contributed by atoms with E-state index >= 15 is 0 Å². The third-order valence-electron chi connectivity index (χ3n) is 4.02. The maximum absolute atomic E-state index is 12.3. The molecule has 0 aliphatic rings. The van der Waals surface area contributed by atoms with Gasteiger partial charge in [0.15, 0.2) is 17.2 Å². The molecule has 0 fully saturated rings. The first-order chi connectivity index (χ1) is 13.7. The number of nitrogens with one attached hydrogen (secondary N) is 2. The smallest absolute Gasteiger partial charge is 0.272 e. The highest BCUT2D eigenvalue weighted by atomic mass is 16.5. The van der Waals surface area contributed by atoms with Gasteiger partial charge < -0.3 is 20.1 Å². The van der Waals surface area contributed by atoms with E-state index in [2.05, 4.69) is 25.8 Å². The second kappa shape index (κ2) is 9.31. The highest BCUT2D eigenvalue weighted by Gasteiger charge is 2.10. The van der Waals surface area contributed by atoms with Crippen molar-refractivity contribution in [2.24, 2.45) is 0 Å². The Morgan fingerprint density at radius 1 is 0.893 bits per heavy atom. The normalized spacial score (nSPS) is 10.2. The van der Waals surface area contributed by atoms with Crippen molar-refractivity contribution in [1.82, 2.24) is 20.5 Å². The van der Waals surface area contributed by atoms with Crippen LogP contribution in [0.3, 0.4) is 0 Å². The first kappa shape index (κ1) is 19.1. The number of methoxy groups -OCH3 is 2. The average Bonchev–Trinajstić information content (AvgIpc) is 2.76. The molecule has 3 aromatic rings. The molecule has 1 aromatic carbocycles. The van der Waals surface area contributed by atoms with Crippen LogP contribution < -0.4 is 20.1 Å². The topological polar surface area (TPSA) is 98.3 Å². The van der Waals surface area contributed by atoms with Crippen molar-refractivity contribution in [2.45, 2.75) is 13.1 Å². The van der Waals surface area contributed by atoms with Gasteiger partial charge in [-0.2, -0.15) is 0 Å². The lowest BCUT2D eigenvalue weighted by Crippen LogP contribution is -2.24. The number of rotatable bonds is 8. The molecule has 144 valence electrons. The summed E-state index contributed by atoms with van der Waals surface area (Å²) >= 11 is 0. The Bertz CT molecular complexity index is 917. The third-order valence-corrected chi connectivity index (χ3v) is 4.02. The molecule has 0 spiro atoms. The summed E-state index contributed by atoms with van der Waals surface area (Å²) in [6.45, 7) is 0.935. The molecule has 8 nitrogen and oxygen atoms in total. The molecule has 0 atom stereocenters. The Hall–Kier alpha value is -3.68. The number of ether oxygens (including phenoxy) is 2. The third kappa shape index (κ3) is 4.94. The molecule has 2 aromatic heterocycles. The Labute approximate surface area is 162 Å². The van der Waals surface area contributed by atoms with Gasteiger partial charge in [0.05, 0.1) is 14.2 Å². The van der Waals surface area contributed by atoms with Crippen LogP contribution in [-0.2, 0) is 13.1 Å². The first-order valence-electron chi connectivity index (χ1n) is 8.65. The van der Waals surface area contributed by atoms with Crippen LogP contribution in [0.4, 0.5) is 5.82 Å². The quantitative estimate of drug-likeness (QED) is 0.620. The Balaban J connectivity index is 1.54. The average molecular weight is 379 g/mol. The number of pyridine rings is 1. The number of nitrogens with zero attached hydrogens (tertiary/aromatic N) is 3. The van der Waals surface area contributed by atoms with Crippen LogP contribution in [0.2, 0.25) is 0 Å². The monoisotopic (exact) mass is 379 g/mol. The van der Waals surface area contributed by atoms with Crippen molar-refractivity contribution in [1.29, 1.82) is 0 Å². The fraction of sp³-hybridized carbons (Fsp3) is 0.200. The number of amides is 1. The van der Waals surface area contributed by atoms with Gasteiger partial charge in [0.25, 0.3) is 5.91 Å². The first-order valence-corrected chi connectivity index (χ1v) is 8.65. The van der Waals surface area contributed by atoms with Crippen LogP contribution >= 0.6 is 0 Å². The number of hydrogen-bond acceptors (Lipinski definition) is 7. The van der Waals surface area contributed by atoms with Gasteiger partial charge in [0.2, 0.25) is 0 Å². The predicted molar refractivity (Wildman–Crippen MR) is 104 cm³/mol. The maximum atomic E-state index is 12.3. The molecule has 8 heteroatoms. The van der Waals surface area contributed by atoms with Crippen LogP contribution in [0.25, 0.3) is 0 Å². The molecular weight excluding hydrogens is 358 g/mol. The molecule has 28 heavy (non-hydrogen) atoms. The van der Waals surface area contributed by atoms with Gasteiger partial charge >= 0.3 is 0 Å². The molecule has 3 rings (SSSR count). The summed E-state index contributed by atoms with van der Waals surface area (Å²) in [7, 11) is 3.15. The Morgan fingerprint density at radius 2 is 1.68 bits per heavy atom. The van der Waals surface area contributed by atoms with Crippen molar-refractivity contribution in [3.8, 4) is 11.5 Å². The molecule has 0 aliphatic carbocycles. The van der Waals surface area contributed by atoms with Crippen LogP contribution in [0, 0.1) is 0 Å². The second-order valence-electron chi connectivity index (χ2n) is 5.88. The summed E-state index contributed by atoms with van der Waals surface area (Å²) in [5, 5.41) is 14.0. The number of benzene rings is 1. The van der Waals surface area contributed by atoms with E-state index in [0.717, 1.165) is 11.1 Å². The fourth-order valence-electron chi connectivity index (χ4n) is 2.50. The van der Waals surface area contributed by atoms with Gasteiger partial charge in [0, 0.05) is 25.5 Å². The lowest BCUT2D eigenvalue weighted by Gasteiger charge is -2.10. The minimum Gasteiger partial charge on any atom is -0.493 e. The van der Waals surface area contributed by atoms with Gasteiger partial charge in [-0.3, -0.25) is 9.78 Å². The van der Waals surface area contributed by atoms with Crippen molar-refractivity contribution >= 4 is 11.7 Å². The Kier molecular flexibility index (Phi) is 6.35. The highest BCUT2D eigenvalue weighted by Crippen LogP contribution is 2.27. The fourth-order valence-corrected chi connectivity index (χ4v) is 2.50. The number of carbonyl (C=O) groups excluding carboxylic acids is 1. The second-order valence-corrected chi connectivity index (χ2v) is 5.88. The van der Waals surface area contributed by atoms with Gasteiger partial charge in [-0.25, -0.2) is 0 Å². The maximum Gasteiger partial charge on any atom is 0.272 e. The molecule has 0 radical (unpaired) electrons. The lowest BCUT2D eigenvalue weighted by molar-refractivity contribution is 0.0945. The van der Waals surface area contributed by atoms with Crippen LogP contribution in [-0.4, -0.2) is 35.3 Å². The van der Waals surface area contributed by atoms with Gasteiger partial charge in [-0.1, -0.05) is 6.07 Å². The van der Waals surface area contributed by atoms with Gasteiger partial charge in [0.1, 0.15) is 5.82 Å². The van der Waals surface area contributed by atoms with Crippen molar-refractivity contribution in [3.63, 3.8) is 0 Å². The summed E-state index contributed by atoms with van der Waals surface area (Å²) in [5.41, 5.74) is 2.21. The predicted octanol–water partition coefficient (Wildman–Crippen LogP) is 2.43. The molecule has 0 unspecified atom stereocenters. The molecule has 0 aliphatic heterocycles. The molecule has 2 heterocycles. The standard InChI is InChI=1S/C20H21N5O3/c1-27-17-5-3-15(11-18(17)28-2)13-23-20(26)16-4-6-19(25-24-16)22-12-14-7-9-21-10-8-14/h3-11H,12-13H2,1-2H3,(H,22,25)(H,23,26). The minimum atomic E-state index is -0.303. The molecule has 0 bridgehead atoms. The summed E-state index contributed by atoms with van der Waals surface area (Å²) in [6.07, 6.45) is 3.46. The van der Waals surface area contributed by atoms with Gasteiger partial charge in [-0.05, 0) is 47.5 Å². The summed E-state index contributed by atoms with van der Waals surface area (Å²) in [5.74, 6) is 1.54.